The number of aromatic nitrogens is 1. The summed E-state index contributed by atoms with van der Waals surface area (Å²) in [5, 5.41) is 4.52. The summed E-state index contributed by atoms with van der Waals surface area (Å²) in [5.41, 5.74) is 4.64. The van der Waals surface area contributed by atoms with Crippen LogP contribution in [0.2, 0.25) is 0 Å². The molecule has 2 aromatic rings. The molecule has 0 aliphatic carbocycles. The number of carbonyl (C=O) groups excluding carboxylic acids is 2. The first kappa shape index (κ1) is 13.8. The molecule has 0 bridgehead atoms. The predicted molar refractivity (Wildman–Crippen MR) is 82.8 cm³/mol. The van der Waals surface area contributed by atoms with Crippen molar-refractivity contribution in [2.75, 3.05) is 16.8 Å². The number of benzene rings is 1. The van der Waals surface area contributed by atoms with Crippen LogP contribution in [0.25, 0.3) is 0 Å². The topological polar surface area (TPSA) is 62.3 Å². The van der Waals surface area contributed by atoms with E-state index in [0.717, 1.165) is 24.2 Å². The third kappa shape index (κ3) is 2.80. The summed E-state index contributed by atoms with van der Waals surface area (Å²) in [6.45, 7) is 2.71. The first-order valence-electron chi connectivity index (χ1n) is 6.76. The van der Waals surface area contributed by atoms with Crippen LogP contribution in [0.1, 0.15) is 28.9 Å². The van der Waals surface area contributed by atoms with Crippen molar-refractivity contribution in [1.29, 1.82) is 0 Å². The molecule has 0 spiro atoms. The van der Waals surface area contributed by atoms with E-state index in [9.17, 15) is 9.59 Å². The van der Waals surface area contributed by atoms with Crippen LogP contribution in [0, 0.1) is 6.92 Å². The highest BCUT2D eigenvalue weighted by Crippen LogP contribution is 2.27. The number of anilines is 2. The zero-order valence-electron chi connectivity index (χ0n) is 11.6. The number of amides is 2. The van der Waals surface area contributed by atoms with Gasteiger partial charge in [0, 0.05) is 29.7 Å². The second kappa shape index (κ2) is 5.65. The van der Waals surface area contributed by atoms with Gasteiger partial charge in [0.1, 0.15) is 5.69 Å². The number of carbonyl (C=O) groups is 2. The number of aryl methyl sites for hydroxylation is 1. The van der Waals surface area contributed by atoms with E-state index < -0.39 is 0 Å². The molecule has 5 nitrogen and oxygen atoms in total. The highest BCUT2D eigenvalue weighted by molar-refractivity contribution is 7.07. The van der Waals surface area contributed by atoms with Gasteiger partial charge in [-0.15, -0.1) is 11.3 Å². The molecular weight excluding hydrogens is 286 g/mol. The van der Waals surface area contributed by atoms with Gasteiger partial charge in [-0.1, -0.05) is 0 Å². The van der Waals surface area contributed by atoms with Gasteiger partial charge in [0.2, 0.25) is 5.91 Å². The molecule has 3 rings (SSSR count). The molecule has 0 atom stereocenters. The van der Waals surface area contributed by atoms with Crippen molar-refractivity contribution in [2.45, 2.75) is 19.8 Å². The standard InChI is InChI=1S/C15H15N3O2S/c1-10-7-11(17-15(20)12-8-21-9-16-12)4-5-13(10)18-6-2-3-14(18)19/h4-5,7-9H,2-3,6H2,1H3,(H,17,20). The van der Waals surface area contributed by atoms with E-state index in [2.05, 4.69) is 10.3 Å². The predicted octanol–water partition coefficient (Wildman–Crippen LogP) is 2.83. The molecule has 1 N–H and O–H groups in total. The Kier molecular flexibility index (Phi) is 3.70. The lowest BCUT2D eigenvalue weighted by Gasteiger charge is -2.19. The van der Waals surface area contributed by atoms with Crippen LogP contribution < -0.4 is 10.2 Å². The first-order chi connectivity index (χ1) is 10.1. The Morgan fingerprint density at radius 1 is 1.43 bits per heavy atom. The number of hydrogen-bond acceptors (Lipinski definition) is 4. The average molecular weight is 301 g/mol. The lowest BCUT2D eigenvalue weighted by atomic mass is 10.1. The van der Waals surface area contributed by atoms with E-state index in [-0.39, 0.29) is 11.8 Å². The second-order valence-electron chi connectivity index (χ2n) is 4.98. The zero-order valence-corrected chi connectivity index (χ0v) is 12.4. The van der Waals surface area contributed by atoms with Crippen molar-refractivity contribution in [2.24, 2.45) is 0 Å². The largest absolute Gasteiger partial charge is 0.321 e. The minimum Gasteiger partial charge on any atom is -0.321 e. The number of nitrogens with zero attached hydrogens (tertiary/aromatic N) is 2. The third-order valence-electron chi connectivity index (χ3n) is 3.48. The van der Waals surface area contributed by atoms with E-state index >= 15 is 0 Å². The van der Waals surface area contributed by atoms with Gasteiger partial charge in [0.15, 0.2) is 0 Å². The van der Waals surface area contributed by atoms with Crippen molar-refractivity contribution < 1.29 is 9.59 Å². The van der Waals surface area contributed by atoms with Crippen molar-refractivity contribution in [3.63, 3.8) is 0 Å². The number of rotatable bonds is 3. The smallest absolute Gasteiger partial charge is 0.275 e. The number of thiazole rings is 1. The van der Waals surface area contributed by atoms with Gasteiger partial charge in [-0.2, -0.15) is 0 Å². The van der Waals surface area contributed by atoms with Gasteiger partial charge in [-0.3, -0.25) is 9.59 Å². The normalized spacial score (nSPS) is 14.5. The summed E-state index contributed by atoms with van der Waals surface area (Å²) in [7, 11) is 0. The Morgan fingerprint density at radius 2 is 2.29 bits per heavy atom. The van der Waals surface area contributed by atoms with E-state index in [1.54, 1.807) is 15.8 Å². The Morgan fingerprint density at radius 3 is 2.90 bits per heavy atom. The lowest BCUT2D eigenvalue weighted by Crippen LogP contribution is -2.24. The molecular formula is C15H15N3O2S. The Balaban J connectivity index is 1.78. The third-order valence-corrected chi connectivity index (χ3v) is 4.07. The molecule has 1 fully saturated rings. The summed E-state index contributed by atoms with van der Waals surface area (Å²) < 4.78 is 0. The molecule has 0 unspecified atom stereocenters. The van der Waals surface area contributed by atoms with Gasteiger partial charge in [0.05, 0.1) is 5.51 Å². The Hall–Kier alpha value is -2.21. The maximum atomic E-state index is 11.9. The molecule has 1 aliphatic heterocycles. The molecule has 2 amide bonds. The maximum Gasteiger partial charge on any atom is 0.275 e. The Labute approximate surface area is 126 Å². The summed E-state index contributed by atoms with van der Waals surface area (Å²) in [5.74, 6) is -0.0574. The van der Waals surface area contributed by atoms with Crippen LogP contribution in [0.3, 0.4) is 0 Å². The minimum atomic E-state index is -0.222. The fraction of sp³-hybridized carbons (Fsp3) is 0.267. The van der Waals surface area contributed by atoms with Gasteiger partial charge in [0.25, 0.3) is 5.91 Å². The first-order valence-corrected chi connectivity index (χ1v) is 7.70. The van der Waals surface area contributed by atoms with Gasteiger partial charge < -0.3 is 10.2 Å². The quantitative estimate of drug-likeness (QED) is 0.948. The molecule has 6 heteroatoms. The summed E-state index contributed by atoms with van der Waals surface area (Å²) in [4.78, 5) is 29.5. The molecule has 1 aliphatic rings. The molecule has 108 valence electrons. The highest BCUT2D eigenvalue weighted by Gasteiger charge is 2.23. The zero-order chi connectivity index (χ0) is 14.8. The van der Waals surface area contributed by atoms with Crippen molar-refractivity contribution >= 4 is 34.5 Å². The molecule has 0 radical (unpaired) electrons. The van der Waals surface area contributed by atoms with Crippen molar-refractivity contribution in [1.82, 2.24) is 4.98 Å². The minimum absolute atomic E-state index is 0.164. The van der Waals surface area contributed by atoms with Crippen LogP contribution >= 0.6 is 11.3 Å². The van der Waals surface area contributed by atoms with Crippen molar-refractivity contribution in [3.05, 3.63) is 40.3 Å². The molecule has 0 saturated carbocycles. The van der Waals surface area contributed by atoms with Crippen LogP contribution in [0.5, 0.6) is 0 Å². The van der Waals surface area contributed by atoms with Gasteiger partial charge in [-0.25, -0.2) is 4.98 Å². The van der Waals surface area contributed by atoms with Gasteiger partial charge >= 0.3 is 0 Å². The second-order valence-corrected chi connectivity index (χ2v) is 5.70. The maximum absolute atomic E-state index is 11.9. The molecule has 1 saturated heterocycles. The average Bonchev–Trinajstić information content (AvgIpc) is 3.10. The van der Waals surface area contributed by atoms with Gasteiger partial charge in [-0.05, 0) is 37.1 Å². The monoisotopic (exact) mass is 301 g/mol. The van der Waals surface area contributed by atoms with Crippen LogP contribution in [-0.2, 0) is 4.79 Å². The Bertz CT molecular complexity index is 682. The van der Waals surface area contributed by atoms with Crippen LogP contribution in [0.4, 0.5) is 11.4 Å². The summed E-state index contributed by atoms with van der Waals surface area (Å²) in [6.07, 6.45) is 1.52. The fourth-order valence-electron chi connectivity index (χ4n) is 2.46. The fourth-order valence-corrected chi connectivity index (χ4v) is 2.99. The van der Waals surface area contributed by atoms with Crippen molar-refractivity contribution in [3.8, 4) is 0 Å². The number of hydrogen-bond donors (Lipinski definition) is 1. The SMILES string of the molecule is Cc1cc(NC(=O)c2cscn2)ccc1N1CCCC1=O. The molecule has 21 heavy (non-hydrogen) atoms. The van der Waals surface area contributed by atoms with E-state index in [1.807, 2.05) is 25.1 Å². The molecule has 1 aromatic heterocycles. The van der Waals surface area contributed by atoms with Crippen LogP contribution in [-0.4, -0.2) is 23.3 Å². The molecule has 2 heterocycles. The summed E-state index contributed by atoms with van der Waals surface area (Å²) >= 11 is 1.39. The highest BCUT2D eigenvalue weighted by atomic mass is 32.1. The van der Waals surface area contributed by atoms with E-state index in [0.29, 0.717) is 17.8 Å². The lowest BCUT2D eigenvalue weighted by molar-refractivity contribution is -0.117. The van der Waals surface area contributed by atoms with Crippen LogP contribution in [0.15, 0.2) is 29.1 Å². The summed E-state index contributed by atoms with van der Waals surface area (Å²) in [6, 6.07) is 5.58. The van der Waals surface area contributed by atoms with E-state index in [4.69, 9.17) is 0 Å². The van der Waals surface area contributed by atoms with E-state index in [1.165, 1.54) is 11.3 Å². The molecule has 1 aromatic carbocycles. The number of nitrogens with one attached hydrogen (secondary N) is 1.